The largest absolute Gasteiger partial charge is 0.496 e. The van der Waals surface area contributed by atoms with E-state index >= 15 is 0 Å². The SMILES string of the molecule is CC(C)(Sc1ccc(Cl)c(N)c1)c1ccccc1OCCO.COc1ccccc1C(C)(C)O. The smallest absolute Gasteiger partial charge is 0.124 e. The highest BCUT2D eigenvalue weighted by atomic mass is 35.5. The normalized spacial score (nSPS) is 11.4. The molecule has 3 rings (SSSR count). The summed E-state index contributed by atoms with van der Waals surface area (Å²) in [6, 6.07) is 21.0. The van der Waals surface area contributed by atoms with Crippen LogP contribution < -0.4 is 15.2 Å². The molecule has 0 fully saturated rings. The number of nitrogen functional groups attached to an aromatic ring is 1. The van der Waals surface area contributed by atoms with Gasteiger partial charge < -0.3 is 25.4 Å². The number of benzene rings is 3. The van der Waals surface area contributed by atoms with Crippen molar-refractivity contribution in [1.82, 2.24) is 0 Å². The predicted molar refractivity (Wildman–Crippen MR) is 142 cm³/mol. The quantitative estimate of drug-likeness (QED) is 0.249. The van der Waals surface area contributed by atoms with Gasteiger partial charge in [-0.15, -0.1) is 11.8 Å². The summed E-state index contributed by atoms with van der Waals surface area (Å²) in [4.78, 5) is 1.05. The number of halogens is 1. The van der Waals surface area contributed by atoms with Crippen LogP contribution in [0, 0.1) is 0 Å². The van der Waals surface area contributed by atoms with Crippen LogP contribution >= 0.6 is 23.4 Å². The lowest BCUT2D eigenvalue weighted by molar-refractivity contribution is 0.0756. The molecule has 4 N–H and O–H groups in total. The Balaban J connectivity index is 0.000000287. The van der Waals surface area contributed by atoms with E-state index in [1.165, 1.54) is 0 Å². The fourth-order valence-corrected chi connectivity index (χ4v) is 4.64. The van der Waals surface area contributed by atoms with E-state index in [0.717, 1.165) is 27.5 Å². The summed E-state index contributed by atoms with van der Waals surface area (Å²) in [5, 5.41) is 19.2. The number of anilines is 1. The van der Waals surface area contributed by atoms with E-state index in [2.05, 4.69) is 13.8 Å². The van der Waals surface area contributed by atoms with Crippen molar-refractivity contribution < 1.29 is 19.7 Å². The molecule has 34 heavy (non-hydrogen) atoms. The van der Waals surface area contributed by atoms with Gasteiger partial charge in [-0.1, -0.05) is 48.0 Å². The number of ether oxygens (including phenoxy) is 2. The summed E-state index contributed by atoms with van der Waals surface area (Å²) in [5.41, 5.74) is 7.50. The Morgan fingerprint density at radius 3 is 2.03 bits per heavy atom. The van der Waals surface area contributed by atoms with Gasteiger partial charge in [0, 0.05) is 20.8 Å². The molecule has 5 nitrogen and oxygen atoms in total. The molecule has 0 aliphatic rings. The molecular weight excluding hydrogens is 470 g/mol. The van der Waals surface area contributed by atoms with Crippen molar-refractivity contribution in [3.05, 3.63) is 82.9 Å². The fraction of sp³-hybridized carbons (Fsp3) is 0.333. The van der Waals surface area contributed by atoms with Gasteiger partial charge in [-0.3, -0.25) is 0 Å². The lowest BCUT2D eigenvalue weighted by Gasteiger charge is -2.27. The zero-order valence-electron chi connectivity index (χ0n) is 20.3. The van der Waals surface area contributed by atoms with E-state index < -0.39 is 5.60 Å². The van der Waals surface area contributed by atoms with Gasteiger partial charge in [0.1, 0.15) is 18.1 Å². The van der Waals surface area contributed by atoms with Crippen LogP contribution in [0.15, 0.2) is 71.6 Å². The number of rotatable bonds is 8. The van der Waals surface area contributed by atoms with E-state index in [1.54, 1.807) is 32.7 Å². The first-order chi connectivity index (χ1) is 16.0. The highest BCUT2D eigenvalue weighted by Crippen LogP contribution is 2.45. The zero-order valence-corrected chi connectivity index (χ0v) is 21.9. The maximum atomic E-state index is 9.72. The Labute approximate surface area is 211 Å². The molecule has 0 spiro atoms. The molecule has 3 aromatic carbocycles. The molecule has 7 heteroatoms. The molecular formula is C27H34ClNO4S. The van der Waals surface area contributed by atoms with E-state index in [0.29, 0.717) is 10.7 Å². The summed E-state index contributed by atoms with van der Waals surface area (Å²) < 4.78 is 10.5. The van der Waals surface area contributed by atoms with Crippen LogP contribution in [-0.4, -0.2) is 30.5 Å². The Bertz CT molecular complexity index is 1070. The first-order valence-corrected chi connectivity index (χ1v) is 12.1. The van der Waals surface area contributed by atoms with Crippen molar-refractivity contribution in [1.29, 1.82) is 0 Å². The third-order valence-corrected chi connectivity index (χ3v) is 6.56. The van der Waals surface area contributed by atoms with Gasteiger partial charge >= 0.3 is 0 Å². The summed E-state index contributed by atoms with van der Waals surface area (Å²) in [7, 11) is 1.60. The average molecular weight is 504 g/mol. The monoisotopic (exact) mass is 503 g/mol. The molecule has 0 saturated carbocycles. The van der Waals surface area contributed by atoms with Crippen LogP contribution in [0.1, 0.15) is 38.8 Å². The number of hydrogen-bond donors (Lipinski definition) is 3. The second-order valence-electron chi connectivity index (χ2n) is 8.62. The van der Waals surface area contributed by atoms with Gasteiger partial charge in [0.15, 0.2) is 0 Å². The third-order valence-electron chi connectivity index (χ3n) is 4.99. The van der Waals surface area contributed by atoms with E-state index in [-0.39, 0.29) is 18.0 Å². The lowest BCUT2D eigenvalue weighted by atomic mass is 9.97. The maximum Gasteiger partial charge on any atom is 0.124 e. The van der Waals surface area contributed by atoms with Crippen molar-refractivity contribution in [3.63, 3.8) is 0 Å². The zero-order chi connectivity index (χ0) is 25.4. The molecule has 0 aliphatic carbocycles. The Morgan fingerprint density at radius 1 is 0.912 bits per heavy atom. The molecule has 0 saturated heterocycles. The first-order valence-electron chi connectivity index (χ1n) is 10.9. The second-order valence-corrected chi connectivity index (χ2v) is 10.7. The number of nitrogens with two attached hydrogens (primary N) is 1. The van der Waals surface area contributed by atoms with E-state index in [4.69, 9.17) is 31.9 Å². The van der Waals surface area contributed by atoms with Gasteiger partial charge in [-0.2, -0.15) is 0 Å². The fourth-order valence-electron chi connectivity index (χ4n) is 3.33. The number of aliphatic hydroxyl groups is 2. The minimum Gasteiger partial charge on any atom is -0.496 e. The molecule has 0 radical (unpaired) electrons. The Kier molecular flexibility index (Phi) is 10.1. The first kappa shape index (κ1) is 27.9. The summed E-state index contributed by atoms with van der Waals surface area (Å²) in [5.74, 6) is 1.51. The number of para-hydroxylation sites is 2. The molecule has 0 bridgehead atoms. The highest BCUT2D eigenvalue weighted by molar-refractivity contribution is 8.00. The van der Waals surface area contributed by atoms with Gasteiger partial charge in [0.05, 0.1) is 30.0 Å². The standard InChI is InChI=1S/C17H20ClNO2S.C10H14O2/c1-17(2,22-12-7-8-14(18)15(19)11-12)13-5-3-4-6-16(13)21-10-9-20;1-10(2,11)8-6-4-5-7-9(8)12-3/h3-8,11,20H,9-10,19H2,1-2H3;4-7,11H,1-3H3. The van der Waals surface area contributed by atoms with Crippen LogP contribution in [0.5, 0.6) is 11.5 Å². The predicted octanol–water partition coefficient (Wildman–Crippen LogP) is 6.24. The molecule has 0 atom stereocenters. The molecule has 0 heterocycles. The maximum absolute atomic E-state index is 9.72. The third kappa shape index (κ3) is 7.84. The minimum atomic E-state index is -0.841. The number of methoxy groups -OCH3 is 1. The molecule has 184 valence electrons. The van der Waals surface area contributed by atoms with Gasteiger partial charge in [0.2, 0.25) is 0 Å². The second kappa shape index (κ2) is 12.4. The molecule has 0 unspecified atom stereocenters. The van der Waals surface area contributed by atoms with Crippen LogP contribution in [0.3, 0.4) is 0 Å². The van der Waals surface area contributed by atoms with Gasteiger partial charge in [0.25, 0.3) is 0 Å². The molecule has 0 aromatic heterocycles. The Morgan fingerprint density at radius 2 is 1.50 bits per heavy atom. The number of thioether (sulfide) groups is 1. The number of aliphatic hydroxyl groups excluding tert-OH is 1. The summed E-state index contributed by atoms with van der Waals surface area (Å²) in [6.45, 7) is 8.02. The summed E-state index contributed by atoms with van der Waals surface area (Å²) >= 11 is 7.66. The molecule has 0 amide bonds. The van der Waals surface area contributed by atoms with Gasteiger partial charge in [-0.05, 0) is 58.0 Å². The van der Waals surface area contributed by atoms with Crippen LogP contribution in [0.2, 0.25) is 5.02 Å². The summed E-state index contributed by atoms with van der Waals surface area (Å²) in [6.07, 6.45) is 0. The van der Waals surface area contributed by atoms with Crippen LogP contribution in [0.4, 0.5) is 5.69 Å². The van der Waals surface area contributed by atoms with E-state index in [1.807, 2.05) is 66.7 Å². The van der Waals surface area contributed by atoms with Gasteiger partial charge in [-0.25, -0.2) is 0 Å². The van der Waals surface area contributed by atoms with E-state index in [9.17, 15) is 5.11 Å². The van der Waals surface area contributed by atoms with Crippen LogP contribution in [-0.2, 0) is 10.3 Å². The molecule has 3 aromatic rings. The highest BCUT2D eigenvalue weighted by Gasteiger charge is 2.26. The van der Waals surface area contributed by atoms with Crippen molar-refractivity contribution in [2.24, 2.45) is 0 Å². The molecule has 0 aliphatic heterocycles. The van der Waals surface area contributed by atoms with Crippen LogP contribution in [0.25, 0.3) is 0 Å². The van der Waals surface area contributed by atoms with Crippen molar-refractivity contribution in [2.45, 2.75) is 42.9 Å². The van der Waals surface area contributed by atoms with Crippen molar-refractivity contribution in [2.75, 3.05) is 26.1 Å². The minimum absolute atomic E-state index is 0.00434. The van der Waals surface area contributed by atoms with Crippen molar-refractivity contribution >= 4 is 29.1 Å². The van der Waals surface area contributed by atoms with Crippen molar-refractivity contribution in [3.8, 4) is 11.5 Å². The average Bonchev–Trinajstić information content (AvgIpc) is 2.80. The number of hydrogen-bond acceptors (Lipinski definition) is 6. The lowest BCUT2D eigenvalue weighted by Crippen LogP contribution is -2.16. The topological polar surface area (TPSA) is 84.9 Å². The Hall–Kier alpha value is -2.38.